The van der Waals surface area contributed by atoms with Crippen molar-refractivity contribution in [1.82, 2.24) is 16.0 Å². The van der Waals surface area contributed by atoms with E-state index in [0.717, 1.165) is 39.3 Å². The van der Waals surface area contributed by atoms with Gasteiger partial charge in [-0.1, -0.05) is 12.1 Å². The minimum absolute atomic E-state index is 0.181. The Balaban J connectivity index is 0.000000425. The number of ether oxygens (including phenoxy) is 1. The quantitative estimate of drug-likeness (QED) is 0.292. The molecule has 0 bridgehead atoms. The number of nitrogens with two attached hydrogens (primary N) is 2. The first kappa shape index (κ1) is 20.6. The number of nitrogens with one attached hydrogen (secondary N) is 3. The van der Waals surface area contributed by atoms with Crippen molar-refractivity contribution < 1.29 is 9.84 Å². The van der Waals surface area contributed by atoms with E-state index >= 15 is 0 Å². The number of hydrogen-bond donors (Lipinski definition) is 6. The maximum atomic E-state index is 8.99. The van der Waals surface area contributed by atoms with Crippen molar-refractivity contribution in [3.63, 3.8) is 0 Å². The lowest BCUT2D eigenvalue weighted by molar-refractivity contribution is 0.373. The zero-order valence-electron chi connectivity index (χ0n) is 13.5. The summed E-state index contributed by atoms with van der Waals surface area (Å²) in [4.78, 5) is 0. The molecule has 0 heterocycles. The van der Waals surface area contributed by atoms with E-state index in [4.69, 9.17) is 21.3 Å². The summed E-state index contributed by atoms with van der Waals surface area (Å²) >= 11 is 0. The molecule has 1 rings (SSSR count). The molecule has 0 aliphatic heterocycles. The van der Waals surface area contributed by atoms with Gasteiger partial charge in [-0.25, -0.2) is 0 Å². The van der Waals surface area contributed by atoms with Crippen molar-refractivity contribution in [2.24, 2.45) is 11.5 Å². The molecular formula is C15H31N5O2. The summed E-state index contributed by atoms with van der Waals surface area (Å²) < 4.78 is 4.79. The largest absolute Gasteiger partial charge is 0.504 e. The van der Waals surface area contributed by atoms with E-state index in [0.29, 0.717) is 18.8 Å². The lowest BCUT2D eigenvalue weighted by Crippen LogP contribution is -2.35. The molecule has 0 unspecified atom stereocenters. The smallest absolute Gasteiger partial charge is 0.160 e. The van der Waals surface area contributed by atoms with E-state index in [9.17, 15) is 0 Å². The standard InChI is InChI=1S/C8H23N5.C7H8O2/c9-1-3-11-5-7-13-8-6-12-4-2-10;1-9-7-5-3-2-4-6(7)8/h11-13H,1-10H2;2-5,8H,1H3. The van der Waals surface area contributed by atoms with Crippen LogP contribution in [0.5, 0.6) is 11.5 Å². The maximum Gasteiger partial charge on any atom is 0.160 e. The van der Waals surface area contributed by atoms with Crippen LogP contribution in [-0.4, -0.2) is 64.6 Å². The van der Waals surface area contributed by atoms with E-state index in [1.54, 1.807) is 24.3 Å². The SMILES string of the molecule is COc1ccccc1O.NCCNCCNCCNCCN. The third-order valence-corrected chi connectivity index (χ3v) is 2.68. The molecule has 0 radical (unpaired) electrons. The molecule has 128 valence electrons. The highest BCUT2D eigenvalue weighted by Crippen LogP contribution is 2.22. The van der Waals surface area contributed by atoms with Gasteiger partial charge in [0.25, 0.3) is 0 Å². The molecule has 0 amide bonds. The fourth-order valence-electron chi connectivity index (χ4n) is 1.56. The molecule has 0 atom stereocenters. The van der Waals surface area contributed by atoms with Gasteiger partial charge < -0.3 is 37.3 Å². The van der Waals surface area contributed by atoms with E-state index < -0.39 is 0 Å². The topological polar surface area (TPSA) is 118 Å². The van der Waals surface area contributed by atoms with Crippen molar-refractivity contribution in [2.45, 2.75) is 0 Å². The number of methoxy groups -OCH3 is 1. The molecule has 8 N–H and O–H groups in total. The first-order valence-electron chi connectivity index (χ1n) is 7.60. The molecule has 22 heavy (non-hydrogen) atoms. The average molecular weight is 313 g/mol. The van der Waals surface area contributed by atoms with E-state index in [1.165, 1.54) is 7.11 Å². The Morgan fingerprint density at radius 2 is 1.32 bits per heavy atom. The first-order chi connectivity index (χ1) is 10.8. The van der Waals surface area contributed by atoms with Crippen molar-refractivity contribution >= 4 is 0 Å². The summed E-state index contributed by atoms with van der Waals surface area (Å²) in [6.07, 6.45) is 0. The Labute approximate surface area is 133 Å². The van der Waals surface area contributed by atoms with E-state index in [1.807, 2.05) is 0 Å². The van der Waals surface area contributed by atoms with Crippen LogP contribution >= 0.6 is 0 Å². The second-order valence-electron chi connectivity index (χ2n) is 4.50. The molecule has 0 aliphatic carbocycles. The minimum atomic E-state index is 0.181. The Morgan fingerprint density at radius 1 is 0.864 bits per heavy atom. The molecular weight excluding hydrogens is 282 g/mol. The summed E-state index contributed by atoms with van der Waals surface area (Å²) in [5.41, 5.74) is 10.6. The fraction of sp³-hybridized carbons (Fsp3) is 0.600. The average Bonchev–Trinajstić information content (AvgIpc) is 2.54. The maximum absolute atomic E-state index is 8.99. The van der Waals surface area contributed by atoms with Gasteiger partial charge in [-0.3, -0.25) is 0 Å². The molecule has 1 aromatic rings. The van der Waals surface area contributed by atoms with Gasteiger partial charge in [0.2, 0.25) is 0 Å². The van der Waals surface area contributed by atoms with Crippen LogP contribution in [0.2, 0.25) is 0 Å². The summed E-state index contributed by atoms with van der Waals surface area (Å²) in [6.45, 7) is 7.15. The van der Waals surface area contributed by atoms with Gasteiger partial charge in [-0.15, -0.1) is 0 Å². The Bertz CT molecular complexity index is 342. The van der Waals surface area contributed by atoms with Gasteiger partial charge in [0.1, 0.15) is 0 Å². The summed E-state index contributed by atoms with van der Waals surface area (Å²) in [5.74, 6) is 0.692. The van der Waals surface area contributed by atoms with Gasteiger partial charge in [-0.05, 0) is 12.1 Å². The lowest BCUT2D eigenvalue weighted by Gasteiger charge is -2.06. The van der Waals surface area contributed by atoms with E-state index in [2.05, 4.69) is 16.0 Å². The normalized spacial score (nSPS) is 9.95. The van der Waals surface area contributed by atoms with Gasteiger partial charge in [0, 0.05) is 52.4 Å². The number of phenolic OH excluding ortho intramolecular Hbond substituents is 1. The molecule has 0 spiro atoms. The van der Waals surface area contributed by atoms with Crippen LogP contribution in [0.4, 0.5) is 0 Å². The fourth-order valence-corrected chi connectivity index (χ4v) is 1.56. The highest BCUT2D eigenvalue weighted by molar-refractivity contribution is 5.37. The van der Waals surface area contributed by atoms with Crippen LogP contribution in [-0.2, 0) is 0 Å². The predicted octanol–water partition coefficient (Wildman–Crippen LogP) is -0.927. The second kappa shape index (κ2) is 16.0. The zero-order valence-corrected chi connectivity index (χ0v) is 13.5. The number of rotatable bonds is 11. The van der Waals surface area contributed by atoms with Crippen molar-refractivity contribution in [2.75, 3.05) is 59.5 Å². The molecule has 7 nitrogen and oxygen atoms in total. The van der Waals surface area contributed by atoms with Gasteiger partial charge in [-0.2, -0.15) is 0 Å². The molecule has 0 saturated carbocycles. The highest BCUT2D eigenvalue weighted by Gasteiger charge is 1.94. The first-order valence-corrected chi connectivity index (χ1v) is 7.60. The third kappa shape index (κ3) is 12.4. The Hall–Kier alpha value is -1.38. The Morgan fingerprint density at radius 3 is 1.68 bits per heavy atom. The van der Waals surface area contributed by atoms with Crippen LogP contribution in [0.1, 0.15) is 0 Å². The summed E-state index contributed by atoms with van der Waals surface area (Å²) in [5, 5.41) is 18.7. The molecule has 0 saturated heterocycles. The van der Waals surface area contributed by atoms with Crippen LogP contribution in [0.3, 0.4) is 0 Å². The molecule has 0 fully saturated rings. The Kier molecular flexibility index (Phi) is 15.0. The van der Waals surface area contributed by atoms with Crippen LogP contribution in [0, 0.1) is 0 Å². The summed E-state index contributed by atoms with van der Waals surface area (Å²) in [7, 11) is 1.52. The number of hydrogen-bond acceptors (Lipinski definition) is 7. The number of benzene rings is 1. The lowest BCUT2D eigenvalue weighted by atomic mass is 10.3. The molecule has 0 aromatic heterocycles. The van der Waals surface area contributed by atoms with E-state index in [-0.39, 0.29) is 5.75 Å². The van der Waals surface area contributed by atoms with Crippen molar-refractivity contribution in [3.05, 3.63) is 24.3 Å². The van der Waals surface area contributed by atoms with Crippen LogP contribution < -0.4 is 32.2 Å². The zero-order chi connectivity index (χ0) is 16.5. The number of para-hydroxylation sites is 2. The van der Waals surface area contributed by atoms with Gasteiger partial charge in [0.15, 0.2) is 11.5 Å². The predicted molar refractivity (Wildman–Crippen MR) is 91.4 cm³/mol. The highest BCUT2D eigenvalue weighted by atomic mass is 16.5. The second-order valence-corrected chi connectivity index (χ2v) is 4.50. The molecule has 1 aromatic carbocycles. The third-order valence-electron chi connectivity index (χ3n) is 2.68. The number of aromatic hydroxyl groups is 1. The summed E-state index contributed by atoms with van der Waals surface area (Å²) in [6, 6.07) is 6.84. The molecule has 0 aliphatic rings. The van der Waals surface area contributed by atoms with Crippen LogP contribution in [0.25, 0.3) is 0 Å². The van der Waals surface area contributed by atoms with Crippen molar-refractivity contribution in [1.29, 1.82) is 0 Å². The number of phenols is 1. The molecule has 7 heteroatoms. The van der Waals surface area contributed by atoms with Gasteiger partial charge >= 0.3 is 0 Å². The van der Waals surface area contributed by atoms with Crippen molar-refractivity contribution in [3.8, 4) is 11.5 Å². The minimum Gasteiger partial charge on any atom is -0.504 e. The monoisotopic (exact) mass is 313 g/mol. The van der Waals surface area contributed by atoms with Crippen LogP contribution in [0.15, 0.2) is 24.3 Å². The van der Waals surface area contributed by atoms with Gasteiger partial charge in [0.05, 0.1) is 7.11 Å².